The number of amides is 2. The number of primary amides is 1. The summed E-state index contributed by atoms with van der Waals surface area (Å²) in [6.45, 7) is 0.253. The summed E-state index contributed by atoms with van der Waals surface area (Å²) in [6.07, 6.45) is 1.69. The SMILES string of the molecule is NC(=O)CN1C(=O)/C(=C\c2ccc(OCc3ccccc3)cc2)N=C1c1ccccc1. The van der Waals surface area contributed by atoms with Crippen LogP contribution in [0.5, 0.6) is 5.75 Å². The average Bonchev–Trinajstić information content (AvgIpc) is 3.09. The van der Waals surface area contributed by atoms with E-state index in [1.54, 1.807) is 6.08 Å². The van der Waals surface area contributed by atoms with Crippen molar-refractivity contribution in [2.45, 2.75) is 6.61 Å². The molecule has 3 aromatic carbocycles. The van der Waals surface area contributed by atoms with E-state index in [-0.39, 0.29) is 18.1 Å². The van der Waals surface area contributed by atoms with Gasteiger partial charge in [0.1, 0.15) is 30.4 Å². The molecule has 0 aromatic heterocycles. The molecule has 0 atom stereocenters. The van der Waals surface area contributed by atoms with Crippen molar-refractivity contribution in [3.05, 3.63) is 107 Å². The van der Waals surface area contributed by atoms with Crippen LogP contribution in [0.3, 0.4) is 0 Å². The fraction of sp³-hybridized carbons (Fsp3) is 0.0800. The molecule has 1 heterocycles. The summed E-state index contributed by atoms with van der Waals surface area (Å²) < 4.78 is 5.80. The second kappa shape index (κ2) is 9.09. The van der Waals surface area contributed by atoms with E-state index in [4.69, 9.17) is 10.5 Å². The number of carbonyl (C=O) groups excluding carboxylic acids is 2. The van der Waals surface area contributed by atoms with E-state index in [9.17, 15) is 9.59 Å². The minimum Gasteiger partial charge on any atom is -0.489 e. The molecule has 0 fully saturated rings. The lowest BCUT2D eigenvalue weighted by Crippen LogP contribution is -2.39. The highest BCUT2D eigenvalue weighted by Gasteiger charge is 2.31. The maximum Gasteiger partial charge on any atom is 0.278 e. The van der Waals surface area contributed by atoms with Gasteiger partial charge in [-0.3, -0.25) is 14.5 Å². The Kier molecular flexibility index (Phi) is 5.89. The molecule has 0 spiro atoms. The molecule has 1 aliphatic rings. The summed E-state index contributed by atoms with van der Waals surface area (Å²) in [4.78, 5) is 30.1. The van der Waals surface area contributed by atoms with Gasteiger partial charge < -0.3 is 10.5 Å². The largest absolute Gasteiger partial charge is 0.489 e. The molecule has 0 saturated heterocycles. The van der Waals surface area contributed by atoms with Crippen LogP contribution >= 0.6 is 0 Å². The van der Waals surface area contributed by atoms with Gasteiger partial charge in [-0.1, -0.05) is 72.8 Å². The zero-order valence-electron chi connectivity index (χ0n) is 16.8. The number of nitrogens with zero attached hydrogens (tertiary/aromatic N) is 2. The molecule has 0 saturated carbocycles. The molecule has 2 N–H and O–H groups in total. The van der Waals surface area contributed by atoms with Crippen molar-refractivity contribution < 1.29 is 14.3 Å². The molecule has 0 bridgehead atoms. The Hall–Kier alpha value is -4.19. The quantitative estimate of drug-likeness (QED) is 0.605. The van der Waals surface area contributed by atoms with Crippen molar-refractivity contribution >= 4 is 23.7 Å². The first kappa shape index (κ1) is 20.1. The van der Waals surface area contributed by atoms with E-state index in [1.807, 2.05) is 84.9 Å². The van der Waals surface area contributed by atoms with Crippen LogP contribution in [0, 0.1) is 0 Å². The van der Waals surface area contributed by atoms with Gasteiger partial charge in [-0.15, -0.1) is 0 Å². The van der Waals surface area contributed by atoms with E-state index in [1.165, 1.54) is 4.90 Å². The van der Waals surface area contributed by atoms with Crippen molar-refractivity contribution in [3.63, 3.8) is 0 Å². The molecule has 0 radical (unpaired) electrons. The molecule has 0 unspecified atom stereocenters. The predicted molar refractivity (Wildman–Crippen MR) is 119 cm³/mol. The minimum atomic E-state index is -0.599. The molecular formula is C25H21N3O3. The lowest BCUT2D eigenvalue weighted by Gasteiger charge is -2.16. The number of hydrogen-bond acceptors (Lipinski definition) is 4. The van der Waals surface area contributed by atoms with Crippen molar-refractivity contribution in [2.24, 2.45) is 10.7 Å². The number of nitrogens with two attached hydrogens (primary N) is 1. The third-order valence-corrected chi connectivity index (χ3v) is 4.72. The van der Waals surface area contributed by atoms with Crippen LogP contribution < -0.4 is 10.5 Å². The summed E-state index contributed by atoms with van der Waals surface area (Å²) in [7, 11) is 0. The van der Waals surface area contributed by atoms with Gasteiger partial charge in [-0.2, -0.15) is 0 Å². The van der Waals surface area contributed by atoms with Crippen molar-refractivity contribution in [3.8, 4) is 5.75 Å². The Morgan fingerprint density at radius 2 is 1.58 bits per heavy atom. The number of carbonyl (C=O) groups is 2. The van der Waals surface area contributed by atoms with Crippen LogP contribution in [-0.2, 0) is 16.2 Å². The number of ether oxygens (including phenoxy) is 1. The van der Waals surface area contributed by atoms with Gasteiger partial charge in [0, 0.05) is 5.56 Å². The molecule has 31 heavy (non-hydrogen) atoms. The van der Waals surface area contributed by atoms with Gasteiger partial charge in [0.2, 0.25) is 5.91 Å². The smallest absolute Gasteiger partial charge is 0.278 e. The van der Waals surface area contributed by atoms with E-state index >= 15 is 0 Å². The Bertz CT molecular complexity index is 1140. The second-order valence-electron chi connectivity index (χ2n) is 7.03. The number of aliphatic imine (C=N–C) groups is 1. The minimum absolute atomic E-state index is 0.226. The van der Waals surface area contributed by atoms with Crippen LogP contribution in [-0.4, -0.2) is 29.1 Å². The van der Waals surface area contributed by atoms with E-state index < -0.39 is 5.91 Å². The lowest BCUT2D eigenvalue weighted by atomic mass is 10.2. The van der Waals surface area contributed by atoms with Crippen molar-refractivity contribution in [2.75, 3.05) is 6.54 Å². The predicted octanol–water partition coefficient (Wildman–Crippen LogP) is 3.38. The Morgan fingerprint density at radius 1 is 0.935 bits per heavy atom. The fourth-order valence-electron chi connectivity index (χ4n) is 3.22. The molecule has 6 nitrogen and oxygen atoms in total. The zero-order chi connectivity index (χ0) is 21.6. The van der Waals surface area contributed by atoms with Gasteiger partial charge in [0.15, 0.2) is 0 Å². The standard InChI is InChI=1S/C25H21N3O3/c26-23(29)16-28-24(20-9-5-2-6-10-20)27-22(25(28)30)15-18-11-13-21(14-12-18)31-17-19-7-3-1-4-8-19/h1-15H,16-17H2,(H2,26,29)/b22-15+. The molecule has 3 aromatic rings. The molecular weight excluding hydrogens is 390 g/mol. The number of rotatable bonds is 7. The Morgan fingerprint density at radius 3 is 2.23 bits per heavy atom. The first-order chi connectivity index (χ1) is 15.1. The third kappa shape index (κ3) is 4.87. The second-order valence-corrected chi connectivity index (χ2v) is 7.03. The first-order valence-electron chi connectivity index (χ1n) is 9.83. The highest BCUT2D eigenvalue weighted by atomic mass is 16.5. The summed E-state index contributed by atoms with van der Waals surface area (Å²) in [6, 6.07) is 26.6. The summed E-state index contributed by atoms with van der Waals surface area (Å²) in [5.41, 5.74) is 8.21. The van der Waals surface area contributed by atoms with Crippen LogP contribution in [0.2, 0.25) is 0 Å². The molecule has 4 rings (SSSR count). The Labute approximate surface area is 180 Å². The number of hydrogen-bond donors (Lipinski definition) is 1. The van der Waals surface area contributed by atoms with Gasteiger partial charge in [-0.05, 0) is 29.3 Å². The van der Waals surface area contributed by atoms with Crippen LogP contribution in [0.1, 0.15) is 16.7 Å². The van der Waals surface area contributed by atoms with E-state index in [0.29, 0.717) is 12.4 Å². The van der Waals surface area contributed by atoms with Gasteiger partial charge >= 0.3 is 0 Å². The van der Waals surface area contributed by atoms with E-state index in [0.717, 1.165) is 22.4 Å². The maximum atomic E-state index is 12.9. The molecule has 0 aliphatic carbocycles. The first-order valence-corrected chi connectivity index (χ1v) is 9.83. The van der Waals surface area contributed by atoms with Gasteiger partial charge in [-0.25, -0.2) is 4.99 Å². The number of benzene rings is 3. The van der Waals surface area contributed by atoms with Gasteiger partial charge in [0.25, 0.3) is 5.91 Å². The summed E-state index contributed by atoms with van der Waals surface area (Å²) in [5, 5.41) is 0. The fourth-order valence-corrected chi connectivity index (χ4v) is 3.22. The molecule has 154 valence electrons. The molecule has 2 amide bonds. The monoisotopic (exact) mass is 411 g/mol. The van der Waals surface area contributed by atoms with Crippen LogP contribution in [0.15, 0.2) is 95.6 Å². The van der Waals surface area contributed by atoms with Crippen LogP contribution in [0.25, 0.3) is 6.08 Å². The van der Waals surface area contributed by atoms with Crippen molar-refractivity contribution in [1.82, 2.24) is 4.90 Å². The molecule has 1 aliphatic heterocycles. The Balaban J connectivity index is 1.53. The van der Waals surface area contributed by atoms with Crippen molar-refractivity contribution in [1.29, 1.82) is 0 Å². The summed E-state index contributed by atoms with van der Waals surface area (Å²) >= 11 is 0. The zero-order valence-corrected chi connectivity index (χ0v) is 16.8. The highest BCUT2D eigenvalue weighted by Crippen LogP contribution is 2.23. The maximum absolute atomic E-state index is 12.9. The van der Waals surface area contributed by atoms with Crippen LogP contribution in [0.4, 0.5) is 0 Å². The summed E-state index contributed by atoms with van der Waals surface area (Å²) in [5.74, 6) is 0.186. The number of amidine groups is 1. The van der Waals surface area contributed by atoms with E-state index in [2.05, 4.69) is 4.99 Å². The normalized spacial score (nSPS) is 14.6. The third-order valence-electron chi connectivity index (χ3n) is 4.72. The lowest BCUT2D eigenvalue weighted by molar-refractivity contribution is -0.127. The highest BCUT2D eigenvalue weighted by molar-refractivity contribution is 6.20. The molecule has 6 heteroatoms. The van der Waals surface area contributed by atoms with Gasteiger partial charge in [0.05, 0.1) is 0 Å². The average molecular weight is 411 g/mol. The topological polar surface area (TPSA) is 85.0 Å².